The van der Waals surface area contributed by atoms with Crippen LogP contribution in [0.1, 0.15) is 31.8 Å². The van der Waals surface area contributed by atoms with Crippen LogP contribution < -0.4 is 14.4 Å². The summed E-state index contributed by atoms with van der Waals surface area (Å²) in [6, 6.07) is 7.82. The molecule has 1 aliphatic heterocycles. The highest BCUT2D eigenvalue weighted by Crippen LogP contribution is 2.31. The molecule has 1 atom stereocenters. The SMILES string of the molecule is COc1cc(C)c(C[NH+](C)CN2C(=O)c3cccc([N+](=O)[O-])c3C2=O)cc1OC. The van der Waals surface area contributed by atoms with Crippen molar-refractivity contribution in [1.82, 2.24) is 4.90 Å². The van der Waals surface area contributed by atoms with Gasteiger partial charge in [0.1, 0.15) is 12.1 Å². The van der Waals surface area contributed by atoms with Gasteiger partial charge in [-0.2, -0.15) is 0 Å². The Kier molecular flexibility index (Phi) is 5.51. The topological polar surface area (TPSA) is 103 Å². The van der Waals surface area contributed by atoms with E-state index in [9.17, 15) is 19.7 Å². The summed E-state index contributed by atoms with van der Waals surface area (Å²) in [5, 5.41) is 11.2. The minimum atomic E-state index is -0.642. The molecule has 0 saturated heterocycles. The molecule has 2 aromatic rings. The average molecular weight is 400 g/mol. The molecule has 0 spiro atoms. The molecule has 29 heavy (non-hydrogen) atoms. The summed E-state index contributed by atoms with van der Waals surface area (Å²) in [4.78, 5) is 37.9. The highest BCUT2D eigenvalue weighted by Gasteiger charge is 2.42. The van der Waals surface area contributed by atoms with Crippen molar-refractivity contribution >= 4 is 17.5 Å². The van der Waals surface area contributed by atoms with Gasteiger partial charge in [-0.15, -0.1) is 0 Å². The Morgan fingerprint density at radius 3 is 2.38 bits per heavy atom. The molecule has 0 fully saturated rings. The van der Waals surface area contributed by atoms with Crippen molar-refractivity contribution in [3.05, 3.63) is 62.7 Å². The Labute approximate surface area is 167 Å². The van der Waals surface area contributed by atoms with Gasteiger partial charge < -0.3 is 14.4 Å². The third-order valence-corrected chi connectivity index (χ3v) is 4.94. The van der Waals surface area contributed by atoms with Gasteiger partial charge in [0.05, 0.1) is 31.8 Å². The summed E-state index contributed by atoms with van der Waals surface area (Å²) in [7, 11) is 4.96. The van der Waals surface area contributed by atoms with Crippen molar-refractivity contribution in [2.75, 3.05) is 27.9 Å². The van der Waals surface area contributed by atoms with Crippen molar-refractivity contribution in [2.24, 2.45) is 0 Å². The van der Waals surface area contributed by atoms with Gasteiger partial charge in [-0.1, -0.05) is 6.07 Å². The number of hydrogen-bond acceptors (Lipinski definition) is 6. The van der Waals surface area contributed by atoms with E-state index in [1.807, 2.05) is 26.1 Å². The predicted molar refractivity (Wildman–Crippen MR) is 103 cm³/mol. The molecule has 0 saturated carbocycles. The lowest BCUT2D eigenvalue weighted by Crippen LogP contribution is -3.09. The van der Waals surface area contributed by atoms with Gasteiger partial charge in [0.25, 0.3) is 17.5 Å². The number of benzene rings is 2. The Balaban J connectivity index is 1.81. The zero-order valence-corrected chi connectivity index (χ0v) is 16.6. The quantitative estimate of drug-likeness (QED) is 0.425. The van der Waals surface area contributed by atoms with Gasteiger partial charge in [-0.25, -0.2) is 4.90 Å². The number of ether oxygens (including phenoxy) is 2. The summed E-state index contributed by atoms with van der Waals surface area (Å²) in [5.41, 5.74) is 1.54. The molecule has 1 unspecified atom stereocenters. The number of imide groups is 1. The fraction of sp³-hybridized carbons (Fsp3) is 0.300. The molecule has 9 nitrogen and oxygen atoms in total. The van der Waals surface area contributed by atoms with Crippen molar-refractivity contribution in [3.63, 3.8) is 0 Å². The molecular weight excluding hydrogens is 378 g/mol. The molecule has 0 bridgehead atoms. The number of nitrogens with zero attached hydrogens (tertiary/aromatic N) is 2. The number of carbonyl (C=O) groups is 2. The number of methoxy groups -OCH3 is 2. The second-order valence-electron chi connectivity index (χ2n) is 6.92. The van der Waals surface area contributed by atoms with Gasteiger partial charge in [0, 0.05) is 11.6 Å². The molecule has 0 radical (unpaired) electrons. The summed E-state index contributed by atoms with van der Waals surface area (Å²) in [5.74, 6) is 0.0640. The van der Waals surface area contributed by atoms with Crippen LogP contribution in [0, 0.1) is 17.0 Å². The van der Waals surface area contributed by atoms with E-state index in [0.29, 0.717) is 18.0 Å². The molecule has 2 aromatic carbocycles. The molecule has 0 aliphatic carbocycles. The molecule has 1 aliphatic rings. The number of amides is 2. The zero-order chi connectivity index (χ0) is 21.3. The molecule has 152 valence electrons. The van der Waals surface area contributed by atoms with E-state index in [0.717, 1.165) is 20.9 Å². The van der Waals surface area contributed by atoms with Crippen LogP contribution in [-0.2, 0) is 6.54 Å². The van der Waals surface area contributed by atoms with Gasteiger partial charge in [-0.05, 0) is 30.7 Å². The highest BCUT2D eigenvalue weighted by atomic mass is 16.6. The van der Waals surface area contributed by atoms with Gasteiger partial charge in [-0.3, -0.25) is 19.7 Å². The summed E-state index contributed by atoms with van der Waals surface area (Å²) in [6.45, 7) is 2.54. The van der Waals surface area contributed by atoms with Crippen molar-refractivity contribution in [3.8, 4) is 11.5 Å². The Morgan fingerprint density at radius 1 is 1.10 bits per heavy atom. The summed E-state index contributed by atoms with van der Waals surface area (Å²) >= 11 is 0. The standard InChI is InChI=1S/C20H21N3O6/c1-12-8-16(28-3)17(29-4)9-13(12)10-21(2)11-22-19(24)14-6-5-7-15(23(26)27)18(14)20(22)25/h5-9H,10-11H2,1-4H3/p+1. The Morgan fingerprint density at radius 2 is 1.76 bits per heavy atom. The molecule has 1 N–H and O–H groups in total. The maximum Gasteiger partial charge on any atom is 0.282 e. The Bertz CT molecular complexity index is 1000. The first-order chi connectivity index (χ1) is 13.8. The van der Waals surface area contributed by atoms with Gasteiger partial charge in [0.15, 0.2) is 18.2 Å². The Hall–Kier alpha value is -3.46. The number of hydrogen-bond donors (Lipinski definition) is 1. The van der Waals surface area contributed by atoms with Crippen molar-refractivity contribution in [1.29, 1.82) is 0 Å². The lowest BCUT2D eigenvalue weighted by atomic mass is 10.1. The smallest absolute Gasteiger partial charge is 0.282 e. The first kappa shape index (κ1) is 20.3. The minimum Gasteiger partial charge on any atom is -0.493 e. The van der Waals surface area contributed by atoms with Crippen molar-refractivity contribution in [2.45, 2.75) is 13.5 Å². The first-order valence-electron chi connectivity index (χ1n) is 8.94. The maximum atomic E-state index is 12.7. The van der Waals surface area contributed by atoms with Crippen LogP contribution in [0.15, 0.2) is 30.3 Å². The predicted octanol–water partition coefficient (Wildman–Crippen LogP) is 1.19. The number of nitrogens with one attached hydrogen (secondary N) is 1. The fourth-order valence-electron chi connectivity index (χ4n) is 3.48. The third kappa shape index (κ3) is 3.64. The number of rotatable bonds is 7. The van der Waals surface area contributed by atoms with Crippen LogP contribution in [0.5, 0.6) is 11.5 Å². The molecule has 0 aromatic heterocycles. The molecule has 3 rings (SSSR count). The lowest BCUT2D eigenvalue weighted by Gasteiger charge is -2.21. The normalized spacial score (nSPS) is 14.0. The number of quaternary nitrogens is 1. The van der Waals surface area contributed by atoms with E-state index < -0.39 is 16.7 Å². The number of nitro groups is 1. The molecular formula is C20H22N3O6+. The van der Waals surface area contributed by atoms with E-state index in [2.05, 4.69) is 0 Å². The van der Waals surface area contributed by atoms with Crippen LogP contribution in [0.25, 0.3) is 0 Å². The van der Waals surface area contributed by atoms with E-state index in [1.54, 1.807) is 14.2 Å². The van der Waals surface area contributed by atoms with E-state index >= 15 is 0 Å². The van der Waals surface area contributed by atoms with E-state index in [1.165, 1.54) is 18.2 Å². The second-order valence-corrected chi connectivity index (χ2v) is 6.92. The first-order valence-corrected chi connectivity index (χ1v) is 8.94. The summed E-state index contributed by atoms with van der Waals surface area (Å²) < 4.78 is 10.6. The van der Waals surface area contributed by atoms with Crippen LogP contribution in [0.2, 0.25) is 0 Å². The largest absolute Gasteiger partial charge is 0.493 e. The second kappa shape index (κ2) is 7.88. The number of carbonyl (C=O) groups excluding carboxylic acids is 2. The average Bonchev–Trinajstić information content (AvgIpc) is 2.94. The van der Waals surface area contributed by atoms with Gasteiger partial charge in [0.2, 0.25) is 0 Å². The number of fused-ring (bicyclic) bond motifs is 1. The van der Waals surface area contributed by atoms with E-state index in [4.69, 9.17) is 9.47 Å². The van der Waals surface area contributed by atoms with Crippen LogP contribution in [0.3, 0.4) is 0 Å². The van der Waals surface area contributed by atoms with Crippen LogP contribution in [-0.4, -0.2) is 49.6 Å². The zero-order valence-electron chi connectivity index (χ0n) is 16.6. The fourth-order valence-corrected chi connectivity index (χ4v) is 3.48. The van der Waals surface area contributed by atoms with Crippen LogP contribution >= 0.6 is 0 Å². The molecule has 1 heterocycles. The number of aryl methyl sites for hydroxylation is 1. The maximum absolute atomic E-state index is 12.7. The monoisotopic (exact) mass is 400 g/mol. The minimum absolute atomic E-state index is 0.0688. The molecule has 2 amide bonds. The molecule has 9 heteroatoms. The highest BCUT2D eigenvalue weighted by molar-refractivity contribution is 6.23. The summed E-state index contributed by atoms with van der Waals surface area (Å²) in [6.07, 6.45) is 0. The van der Waals surface area contributed by atoms with Gasteiger partial charge >= 0.3 is 0 Å². The lowest BCUT2D eigenvalue weighted by molar-refractivity contribution is -0.901. The van der Waals surface area contributed by atoms with E-state index in [-0.39, 0.29) is 23.5 Å². The van der Waals surface area contributed by atoms with Crippen LogP contribution in [0.4, 0.5) is 5.69 Å². The van der Waals surface area contributed by atoms with Crippen molar-refractivity contribution < 1.29 is 28.9 Å². The third-order valence-electron chi connectivity index (χ3n) is 4.94. The number of nitro benzene ring substituents is 1.